The number of allylic oxidation sites excluding steroid dienone is 1. The molecule has 5 aromatic rings. The Labute approximate surface area is 358 Å². The minimum Gasteiger partial charge on any atom is -0.384 e. The summed E-state index contributed by atoms with van der Waals surface area (Å²) < 4.78 is 18.5. The average Bonchev–Trinajstić information content (AvgIpc) is 3.75. The number of pyridine rings is 2. The monoisotopic (exact) mass is 844 g/mol. The van der Waals surface area contributed by atoms with Crippen molar-refractivity contribution in [2.75, 3.05) is 59.7 Å². The summed E-state index contributed by atoms with van der Waals surface area (Å²) in [5.41, 5.74) is 3.18. The van der Waals surface area contributed by atoms with Gasteiger partial charge in [0.05, 0.1) is 24.1 Å². The van der Waals surface area contributed by atoms with Crippen molar-refractivity contribution < 1.29 is 19.1 Å². The maximum absolute atomic E-state index is 15.2. The lowest BCUT2D eigenvalue weighted by molar-refractivity contribution is -0.133. The smallest absolute Gasteiger partial charge is 0.278 e. The first-order valence-corrected chi connectivity index (χ1v) is 21.7. The van der Waals surface area contributed by atoms with Gasteiger partial charge in [0.2, 0.25) is 17.8 Å². The van der Waals surface area contributed by atoms with Crippen LogP contribution in [0.2, 0.25) is 0 Å². The molecule has 9 rings (SSSR count). The van der Waals surface area contributed by atoms with Crippen LogP contribution in [0.3, 0.4) is 0 Å². The van der Waals surface area contributed by atoms with Crippen molar-refractivity contribution in [3.8, 4) is 5.82 Å². The fourth-order valence-corrected chi connectivity index (χ4v) is 9.43. The van der Waals surface area contributed by atoms with Gasteiger partial charge in [-0.25, -0.2) is 28.7 Å². The Morgan fingerprint density at radius 3 is 2.50 bits per heavy atom. The number of nitrogens with one attached hydrogen (secondary N) is 3. The van der Waals surface area contributed by atoms with Crippen LogP contribution in [-0.2, 0) is 28.2 Å². The predicted octanol–water partition coefficient (Wildman–Crippen LogP) is 4.63. The quantitative estimate of drug-likeness (QED) is 0.101. The summed E-state index contributed by atoms with van der Waals surface area (Å²) in [6.07, 6.45) is 9.17. The van der Waals surface area contributed by atoms with Crippen molar-refractivity contribution in [2.45, 2.75) is 83.0 Å². The van der Waals surface area contributed by atoms with Crippen molar-refractivity contribution in [1.29, 1.82) is 0 Å². The molecular weight excluding hydrogens is 792 g/mol. The molecule has 3 saturated heterocycles. The van der Waals surface area contributed by atoms with Gasteiger partial charge < -0.3 is 25.5 Å². The molecule has 0 bridgehead atoms. The zero-order valence-electron chi connectivity index (χ0n) is 35.2. The first-order chi connectivity index (χ1) is 30.0. The van der Waals surface area contributed by atoms with Crippen LogP contribution in [0.25, 0.3) is 16.9 Å². The predicted molar refractivity (Wildman–Crippen MR) is 236 cm³/mol. The van der Waals surface area contributed by atoms with Gasteiger partial charge in [-0.2, -0.15) is 4.98 Å². The molecule has 1 unspecified atom stereocenters. The van der Waals surface area contributed by atoms with Gasteiger partial charge in [-0.3, -0.25) is 24.6 Å². The van der Waals surface area contributed by atoms with Crippen LogP contribution in [-0.4, -0.2) is 102 Å². The summed E-state index contributed by atoms with van der Waals surface area (Å²) in [5.74, 6) is 0.543. The Morgan fingerprint density at radius 2 is 1.77 bits per heavy atom. The normalized spacial score (nSPS) is 22.2. The first kappa shape index (κ1) is 41.2. The number of anilines is 5. The molecule has 0 radical (unpaired) electrons. The number of aliphatic hydroxyl groups is 1. The van der Waals surface area contributed by atoms with Crippen LogP contribution in [0.4, 0.5) is 33.2 Å². The van der Waals surface area contributed by atoms with E-state index in [1.54, 1.807) is 27.8 Å². The molecule has 3 fully saturated rings. The number of nitrogens with zero attached hydrogens (tertiary/aromatic N) is 9. The van der Waals surface area contributed by atoms with Gasteiger partial charge in [0, 0.05) is 75.4 Å². The lowest BCUT2D eigenvalue weighted by atomic mass is 9.95. The van der Waals surface area contributed by atoms with Crippen LogP contribution in [0.5, 0.6) is 0 Å². The molecule has 17 heteroatoms. The second kappa shape index (κ2) is 16.9. The van der Waals surface area contributed by atoms with E-state index in [9.17, 15) is 19.5 Å². The van der Waals surface area contributed by atoms with Crippen LogP contribution in [0.1, 0.15) is 63.6 Å². The van der Waals surface area contributed by atoms with Crippen molar-refractivity contribution in [2.24, 2.45) is 5.92 Å². The van der Waals surface area contributed by atoms with E-state index in [2.05, 4.69) is 61.4 Å². The van der Waals surface area contributed by atoms with E-state index in [-0.39, 0.29) is 24.4 Å². The Bertz CT molecular complexity index is 2570. The number of amides is 2. The lowest BCUT2D eigenvalue weighted by Crippen LogP contribution is -2.53. The SMILES string of the molecule is C=CCn1c(=O)c2cnc(Nc3ccc(N4CCN(CC5CCN(c6ncc(NC7CCC(=O)NC7=O)cc6F)CC5)[C@H](C)C4)cc3)nc2n1-c1ccc2c(n1)[C@@](O)(CC)CC2. The third-order valence-corrected chi connectivity index (χ3v) is 13.1. The molecule has 3 aliphatic heterocycles. The number of aryl methyl sites for hydroxylation is 1. The largest absolute Gasteiger partial charge is 0.384 e. The molecule has 0 saturated carbocycles. The molecule has 324 valence electrons. The van der Waals surface area contributed by atoms with E-state index >= 15 is 4.39 Å². The number of benzene rings is 1. The van der Waals surface area contributed by atoms with Crippen molar-refractivity contribution in [1.82, 2.24) is 39.5 Å². The van der Waals surface area contributed by atoms with Gasteiger partial charge in [-0.15, -0.1) is 6.58 Å². The third kappa shape index (κ3) is 8.01. The Hall–Kier alpha value is -6.20. The molecule has 3 atom stereocenters. The van der Waals surface area contributed by atoms with Gasteiger partial charge in [0.25, 0.3) is 5.56 Å². The number of hydrogen-bond donors (Lipinski definition) is 4. The van der Waals surface area contributed by atoms with Crippen molar-refractivity contribution in [3.05, 3.63) is 94.9 Å². The van der Waals surface area contributed by atoms with Crippen LogP contribution < -0.4 is 31.3 Å². The molecule has 7 heterocycles. The number of imide groups is 1. The third-order valence-electron chi connectivity index (χ3n) is 13.1. The van der Waals surface area contributed by atoms with Crippen LogP contribution in [0, 0.1) is 11.7 Å². The molecule has 2 amide bonds. The lowest BCUT2D eigenvalue weighted by Gasteiger charge is -2.43. The zero-order valence-corrected chi connectivity index (χ0v) is 35.2. The molecule has 1 aliphatic carbocycles. The summed E-state index contributed by atoms with van der Waals surface area (Å²) in [4.78, 5) is 62.7. The number of hydrogen-bond acceptors (Lipinski definition) is 13. The van der Waals surface area contributed by atoms with Gasteiger partial charge >= 0.3 is 0 Å². The minimum absolute atomic E-state index is 0.244. The number of fused-ring (bicyclic) bond motifs is 2. The summed E-state index contributed by atoms with van der Waals surface area (Å²) >= 11 is 0. The van der Waals surface area contributed by atoms with Gasteiger partial charge in [0.15, 0.2) is 23.1 Å². The van der Waals surface area contributed by atoms with E-state index < -0.39 is 23.4 Å². The second-order valence-electron chi connectivity index (χ2n) is 17.1. The van der Waals surface area contributed by atoms with E-state index in [1.165, 1.54) is 6.07 Å². The summed E-state index contributed by atoms with van der Waals surface area (Å²) in [7, 11) is 0. The summed E-state index contributed by atoms with van der Waals surface area (Å²) in [6, 6.07) is 13.2. The highest BCUT2D eigenvalue weighted by molar-refractivity contribution is 6.01. The van der Waals surface area contributed by atoms with E-state index in [1.807, 2.05) is 36.1 Å². The molecule has 4 aliphatic rings. The number of aromatic nitrogens is 6. The standard InChI is InChI=1S/C45H53FN12O4/c1-4-18-57-43(61)34-25-48-44(53-40(34)58(57)37-12-6-30-14-17-45(62,5-2)39(30)51-37)50-31-7-9-33(10-8-31)56-22-21-55(28(3)26-56)27-29-15-19-54(20-16-29)41-35(46)23-32(24-47-41)49-36-11-13-38(59)52-42(36)60/h4,6-10,12,23-25,28-29,36,49,62H,1,5,11,13-22,26-27H2,2-3H3,(H,48,50,53)(H,52,59,60)/t28-,36?,45-/m1/s1. The van der Waals surface area contributed by atoms with Crippen LogP contribution in [0.15, 0.2) is 72.3 Å². The van der Waals surface area contributed by atoms with E-state index in [0.29, 0.717) is 71.2 Å². The van der Waals surface area contributed by atoms with Gasteiger partial charge in [-0.1, -0.05) is 19.1 Å². The van der Waals surface area contributed by atoms with Crippen LogP contribution >= 0.6 is 0 Å². The van der Waals surface area contributed by atoms with Gasteiger partial charge in [-0.05, 0) is 87.3 Å². The highest BCUT2D eigenvalue weighted by Crippen LogP contribution is 2.38. The molecule has 16 nitrogen and oxygen atoms in total. The number of carbonyl (C=O) groups excluding carboxylic acids is 2. The molecule has 4 aromatic heterocycles. The van der Waals surface area contributed by atoms with Gasteiger partial charge in [0.1, 0.15) is 17.0 Å². The molecule has 62 heavy (non-hydrogen) atoms. The average molecular weight is 845 g/mol. The summed E-state index contributed by atoms with van der Waals surface area (Å²) in [5, 5.41) is 20.3. The van der Waals surface area contributed by atoms with Crippen molar-refractivity contribution in [3.63, 3.8) is 0 Å². The first-order valence-electron chi connectivity index (χ1n) is 21.7. The highest BCUT2D eigenvalue weighted by atomic mass is 19.1. The maximum Gasteiger partial charge on any atom is 0.278 e. The summed E-state index contributed by atoms with van der Waals surface area (Å²) in [6.45, 7) is 13.5. The molecule has 0 spiro atoms. The second-order valence-corrected chi connectivity index (χ2v) is 17.1. The van der Waals surface area contributed by atoms with E-state index in [4.69, 9.17) is 9.97 Å². The van der Waals surface area contributed by atoms with Crippen molar-refractivity contribution >= 4 is 51.7 Å². The topological polar surface area (TPSA) is 179 Å². The Balaban J connectivity index is 0.799. The number of piperidine rings is 2. The Kier molecular flexibility index (Phi) is 11.2. The number of halogens is 1. The molecule has 1 aromatic carbocycles. The maximum atomic E-state index is 15.2. The van der Waals surface area contributed by atoms with E-state index in [0.717, 1.165) is 75.5 Å². The zero-order chi connectivity index (χ0) is 43.1. The fourth-order valence-electron chi connectivity index (χ4n) is 9.43. The highest BCUT2D eigenvalue weighted by Gasteiger charge is 2.37. The molecular formula is C45H53FN12O4. The number of carbonyl (C=O) groups is 2. The minimum atomic E-state index is -1.00. The fraction of sp³-hybridized carbons (Fsp3) is 0.444. The Morgan fingerprint density at radius 1 is 0.968 bits per heavy atom. The number of piperazine rings is 1. The molecule has 4 N–H and O–H groups in total. The number of rotatable bonds is 12.